The van der Waals surface area contributed by atoms with E-state index < -0.39 is 0 Å². The first-order valence-corrected chi connectivity index (χ1v) is 8.98. The molecule has 0 N–H and O–H groups in total. The molecule has 0 aliphatic carbocycles. The minimum atomic E-state index is 0.638. The van der Waals surface area contributed by atoms with Gasteiger partial charge in [0.1, 0.15) is 5.82 Å². The van der Waals surface area contributed by atoms with Crippen molar-refractivity contribution in [1.82, 2.24) is 29.9 Å². The lowest BCUT2D eigenvalue weighted by Crippen LogP contribution is -2.04. The van der Waals surface area contributed by atoms with Crippen molar-refractivity contribution in [1.29, 1.82) is 0 Å². The highest BCUT2D eigenvalue weighted by Gasteiger charge is 2.14. The number of rotatable bonds is 6. The van der Waals surface area contributed by atoms with Gasteiger partial charge in [-0.05, 0) is 49.7 Å². The molecule has 0 radical (unpaired) electrons. The molecular formula is C19H17ClN6O. The Morgan fingerprint density at radius 2 is 1.78 bits per heavy atom. The van der Waals surface area contributed by atoms with Crippen LogP contribution in [-0.2, 0) is 12.8 Å². The number of aryl methyl sites for hydroxylation is 3. The summed E-state index contributed by atoms with van der Waals surface area (Å²) >= 11 is 6.02. The summed E-state index contributed by atoms with van der Waals surface area (Å²) in [7, 11) is 0. The molecular weight excluding hydrogens is 364 g/mol. The van der Waals surface area contributed by atoms with Crippen LogP contribution in [0, 0.1) is 6.92 Å². The lowest BCUT2D eigenvalue weighted by molar-refractivity contribution is 0.371. The van der Waals surface area contributed by atoms with Crippen LogP contribution >= 0.6 is 11.6 Å². The third-order valence-corrected chi connectivity index (χ3v) is 4.30. The molecule has 1 aromatic carbocycles. The molecule has 0 spiro atoms. The molecule has 3 heterocycles. The lowest BCUT2D eigenvalue weighted by atomic mass is 10.2. The Morgan fingerprint density at radius 3 is 2.48 bits per heavy atom. The summed E-state index contributed by atoms with van der Waals surface area (Å²) in [6.07, 6.45) is 5.70. The second-order valence-electron chi connectivity index (χ2n) is 6.06. The normalized spacial score (nSPS) is 11.0. The zero-order valence-corrected chi connectivity index (χ0v) is 15.5. The van der Waals surface area contributed by atoms with Crippen LogP contribution in [0.25, 0.3) is 17.1 Å². The highest BCUT2D eigenvalue weighted by molar-refractivity contribution is 6.30. The Labute approximate surface area is 161 Å². The van der Waals surface area contributed by atoms with Gasteiger partial charge in [-0.15, -0.1) is 5.10 Å². The van der Waals surface area contributed by atoms with E-state index in [2.05, 4.69) is 15.1 Å². The fourth-order valence-corrected chi connectivity index (χ4v) is 2.88. The minimum absolute atomic E-state index is 0.638. The molecule has 0 bridgehead atoms. The maximum atomic E-state index is 6.02. The van der Waals surface area contributed by atoms with Gasteiger partial charge >= 0.3 is 0 Å². The van der Waals surface area contributed by atoms with Crippen LogP contribution in [0.3, 0.4) is 0 Å². The first kappa shape index (κ1) is 17.4. The van der Waals surface area contributed by atoms with Gasteiger partial charge in [-0.2, -0.15) is 4.98 Å². The number of benzene rings is 1. The van der Waals surface area contributed by atoms with Gasteiger partial charge in [-0.3, -0.25) is 4.98 Å². The van der Waals surface area contributed by atoms with Gasteiger partial charge in [0, 0.05) is 35.8 Å². The Hall–Kier alpha value is -3.06. The minimum Gasteiger partial charge on any atom is -0.339 e. The molecule has 27 heavy (non-hydrogen) atoms. The standard InChI is InChI=1S/C19H17ClN6O/c1-13-22-18(27-25-13)4-2-3-17-23-19(14-9-11-21-12-10-14)24-26(17)16-7-5-15(20)6-8-16/h5-12H,2-4H2,1H3. The number of hydrogen-bond acceptors (Lipinski definition) is 6. The molecule has 0 atom stereocenters. The van der Waals surface area contributed by atoms with Crippen molar-refractivity contribution in [2.24, 2.45) is 0 Å². The van der Waals surface area contributed by atoms with Gasteiger partial charge in [0.05, 0.1) is 5.69 Å². The fraction of sp³-hybridized carbons (Fsp3) is 0.211. The third kappa shape index (κ3) is 4.03. The molecule has 0 unspecified atom stereocenters. The van der Waals surface area contributed by atoms with Crippen molar-refractivity contribution in [3.63, 3.8) is 0 Å². The summed E-state index contributed by atoms with van der Waals surface area (Å²) in [6.45, 7) is 1.81. The molecule has 0 saturated carbocycles. The van der Waals surface area contributed by atoms with Gasteiger partial charge in [-0.25, -0.2) is 9.67 Å². The van der Waals surface area contributed by atoms with Gasteiger partial charge in [0.25, 0.3) is 0 Å². The van der Waals surface area contributed by atoms with E-state index in [0.717, 1.165) is 29.9 Å². The van der Waals surface area contributed by atoms with Crippen LogP contribution in [0.2, 0.25) is 5.02 Å². The zero-order chi connectivity index (χ0) is 18.6. The summed E-state index contributed by atoms with van der Waals surface area (Å²) < 4.78 is 7.03. The van der Waals surface area contributed by atoms with E-state index in [1.807, 2.05) is 48.0 Å². The van der Waals surface area contributed by atoms with Gasteiger partial charge in [0.15, 0.2) is 11.6 Å². The highest BCUT2D eigenvalue weighted by atomic mass is 35.5. The largest absolute Gasteiger partial charge is 0.339 e. The Morgan fingerprint density at radius 1 is 1.00 bits per heavy atom. The van der Waals surface area contributed by atoms with Gasteiger partial charge in [0.2, 0.25) is 5.89 Å². The predicted octanol–water partition coefficient (Wildman–Crippen LogP) is 3.85. The number of aromatic nitrogens is 6. The molecule has 4 aromatic rings. The van der Waals surface area contributed by atoms with E-state index in [1.165, 1.54) is 0 Å². The van der Waals surface area contributed by atoms with E-state index in [1.54, 1.807) is 12.4 Å². The summed E-state index contributed by atoms with van der Waals surface area (Å²) in [5.74, 6) is 2.81. The average Bonchev–Trinajstić information content (AvgIpc) is 3.30. The number of halogens is 1. The maximum Gasteiger partial charge on any atom is 0.226 e. The number of pyridine rings is 1. The monoisotopic (exact) mass is 380 g/mol. The summed E-state index contributed by atoms with van der Waals surface area (Å²) in [5.41, 5.74) is 1.84. The highest BCUT2D eigenvalue weighted by Crippen LogP contribution is 2.20. The number of hydrogen-bond donors (Lipinski definition) is 0. The molecule has 4 rings (SSSR count). The molecule has 0 amide bonds. The van der Waals surface area contributed by atoms with Crippen molar-refractivity contribution in [3.8, 4) is 17.1 Å². The van der Waals surface area contributed by atoms with Crippen LogP contribution in [0.5, 0.6) is 0 Å². The topological polar surface area (TPSA) is 82.5 Å². The quantitative estimate of drug-likeness (QED) is 0.505. The van der Waals surface area contributed by atoms with Crippen molar-refractivity contribution in [2.45, 2.75) is 26.2 Å². The SMILES string of the molecule is Cc1noc(CCCc2nc(-c3ccncc3)nn2-c2ccc(Cl)cc2)n1. The summed E-state index contributed by atoms with van der Waals surface area (Å²) in [5, 5.41) is 9.20. The van der Waals surface area contributed by atoms with Crippen molar-refractivity contribution >= 4 is 11.6 Å². The molecule has 0 fully saturated rings. The zero-order valence-electron chi connectivity index (χ0n) is 14.7. The van der Waals surface area contributed by atoms with Crippen LogP contribution < -0.4 is 0 Å². The fourth-order valence-electron chi connectivity index (χ4n) is 2.76. The average molecular weight is 381 g/mol. The van der Waals surface area contributed by atoms with E-state index in [4.69, 9.17) is 26.2 Å². The van der Waals surface area contributed by atoms with Gasteiger partial charge < -0.3 is 4.52 Å². The summed E-state index contributed by atoms with van der Waals surface area (Å²) in [4.78, 5) is 13.0. The predicted molar refractivity (Wildman–Crippen MR) is 101 cm³/mol. The van der Waals surface area contributed by atoms with Crippen molar-refractivity contribution in [2.75, 3.05) is 0 Å². The van der Waals surface area contributed by atoms with E-state index >= 15 is 0 Å². The Balaban J connectivity index is 1.61. The second-order valence-corrected chi connectivity index (χ2v) is 6.50. The Bertz CT molecular complexity index is 1030. The van der Waals surface area contributed by atoms with Crippen LogP contribution in [-0.4, -0.2) is 29.9 Å². The van der Waals surface area contributed by atoms with E-state index in [0.29, 0.717) is 29.0 Å². The van der Waals surface area contributed by atoms with Crippen molar-refractivity contribution in [3.05, 3.63) is 71.4 Å². The summed E-state index contributed by atoms with van der Waals surface area (Å²) in [6, 6.07) is 11.3. The first-order chi connectivity index (χ1) is 13.2. The van der Waals surface area contributed by atoms with E-state index in [9.17, 15) is 0 Å². The Kier molecular flexibility index (Phi) is 4.93. The van der Waals surface area contributed by atoms with Crippen LogP contribution in [0.4, 0.5) is 0 Å². The lowest BCUT2D eigenvalue weighted by Gasteiger charge is -2.05. The molecule has 3 aromatic heterocycles. The molecule has 0 aliphatic heterocycles. The van der Waals surface area contributed by atoms with Crippen molar-refractivity contribution < 1.29 is 4.52 Å². The van der Waals surface area contributed by atoms with Crippen LogP contribution in [0.15, 0.2) is 53.3 Å². The molecule has 8 heteroatoms. The maximum absolute atomic E-state index is 6.02. The molecule has 0 aliphatic rings. The number of nitrogens with zero attached hydrogens (tertiary/aromatic N) is 6. The molecule has 136 valence electrons. The van der Waals surface area contributed by atoms with E-state index in [-0.39, 0.29) is 0 Å². The smallest absolute Gasteiger partial charge is 0.226 e. The van der Waals surface area contributed by atoms with Gasteiger partial charge in [-0.1, -0.05) is 16.8 Å². The third-order valence-electron chi connectivity index (χ3n) is 4.04. The second kappa shape index (κ2) is 7.67. The molecule has 7 nitrogen and oxygen atoms in total. The first-order valence-electron chi connectivity index (χ1n) is 8.60. The molecule has 0 saturated heterocycles. The van der Waals surface area contributed by atoms with Crippen LogP contribution in [0.1, 0.15) is 24.0 Å².